The van der Waals surface area contributed by atoms with Crippen LogP contribution in [0.1, 0.15) is 66.2 Å². The molecule has 0 atom stereocenters. The number of nitrogens with one attached hydrogen (secondary N) is 1. The molecule has 0 aromatic heterocycles. The molecule has 0 bridgehead atoms. The highest BCUT2D eigenvalue weighted by Crippen LogP contribution is 2.04. The largest absolute Gasteiger partial charge is 0.379 e. The van der Waals surface area contributed by atoms with Crippen LogP contribution < -0.4 is 5.32 Å². The first kappa shape index (κ1) is 15.9. The summed E-state index contributed by atoms with van der Waals surface area (Å²) in [5, 5.41) is 3.65. The van der Waals surface area contributed by atoms with Crippen LogP contribution in [-0.4, -0.2) is 25.3 Å². The molecule has 0 aliphatic rings. The smallest absolute Gasteiger partial charge is 0.0518 e. The van der Waals surface area contributed by atoms with Gasteiger partial charge in [0.15, 0.2) is 0 Å². The van der Waals surface area contributed by atoms with Gasteiger partial charge < -0.3 is 10.1 Å². The van der Waals surface area contributed by atoms with Gasteiger partial charge in [-0.25, -0.2) is 0 Å². The van der Waals surface area contributed by atoms with E-state index in [0.29, 0.717) is 6.10 Å². The van der Waals surface area contributed by atoms with E-state index in [9.17, 15) is 0 Å². The fourth-order valence-electron chi connectivity index (χ4n) is 1.90. The molecule has 2 nitrogen and oxygen atoms in total. The van der Waals surface area contributed by atoms with E-state index in [1.54, 1.807) is 0 Å². The second-order valence-corrected chi connectivity index (χ2v) is 4.86. The SMILES string of the molecule is CCCC(CCC)NCCCCOC(C)C. The van der Waals surface area contributed by atoms with Crippen LogP contribution in [-0.2, 0) is 4.74 Å². The maximum Gasteiger partial charge on any atom is 0.0518 e. The molecule has 0 aliphatic heterocycles. The molecule has 0 fully saturated rings. The molecule has 0 rings (SSSR count). The Morgan fingerprint density at radius 1 is 1.00 bits per heavy atom. The van der Waals surface area contributed by atoms with Gasteiger partial charge in [-0.05, 0) is 46.1 Å². The van der Waals surface area contributed by atoms with Gasteiger partial charge in [-0.3, -0.25) is 0 Å². The van der Waals surface area contributed by atoms with Crippen molar-refractivity contribution >= 4 is 0 Å². The Kier molecular flexibility index (Phi) is 11.3. The Morgan fingerprint density at radius 2 is 1.62 bits per heavy atom. The fourth-order valence-corrected chi connectivity index (χ4v) is 1.90. The Hall–Kier alpha value is -0.0800. The van der Waals surface area contributed by atoms with E-state index in [2.05, 4.69) is 33.0 Å². The molecule has 0 aliphatic carbocycles. The van der Waals surface area contributed by atoms with Gasteiger partial charge >= 0.3 is 0 Å². The van der Waals surface area contributed by atoms with Crippen molar-refractivity contribution < 1.29 is 4.74 Å². The van der Waals surface area contributed by atoms with Crippen LogP contribution in [0.4, 0.5) is 0 Å². The molecule has 2 heteroatoms. The van der Waals surface area contributed by atoms with E-state index in [-0.39, 0.29) is 0 Å². The van der Waals surface area contributed by atoms with Gasteiger partial charge in [0.1, 0.15) is 0 Å². The molecule has 1 N–H and O–H groups in total. The first-order valence-electron chi connectivity index (χ1n) is 7.05. The summed E-state index contributed by atoms with van der Waals surface area (Å²) >= 11 is 0. The third-order valence-electron chi connectivity index (χ3n) is 2.73. The maximum absolute atomic E-state index is 5.52. The van der Waals surface area contributed by atoms with E-state index in [4.69, 9.17) is 4.74 Å². The van der Waals surface area contributed by atoms with Gasteiger partial charge in [-0.15, -0.1) is 0 Å². The predicted octanol–water partition coefficient (Wildman–Crippen LogP) is 3.75. The van der Waals surface area contributed by atoms with E-state index in [1.807, 2.05) is 0 Å². The lowest BCUT2D eigenvalue weighted by Crippen LogP contribution is -2.29. The molecule has 0 saturated carbocycles. The van der Waals surface area contributed by atoms with Crippen molar-refractivity contribution in [3.8, 4) is 0 Å². The summed E-state index contributed by atoms with van der Waals surface area (Å²) in [6, 6.07) is 0.737. The zero-order valence-electron chi connectivity index (χ0n) is 11.7. The van der Waals surface area contributed by atoms with Gasteiger partial charge in [0.05, 0.1) is 6.10 Å². The number of unbranched alkanes of at least 4 members (excludes halogenated alkanes) is 1. The molecular weight excluding hydrogens is 198 g/mol. The quantitative estimate of drug-likeness (QED) is 0.545. The number of rotatable bonds is 11. The number of hydrogen-bond donors (Lipinski definition) is 1. The molecule has 0 spiro atoms. The van der Waals surface area contributed by atoms with E-state index >= 15 is 0 Å². The molecule has 0 aromatic rings. The molecule has 0 saturated heterocycles. The van der Waals surface area contributed by atoms with Crippen molar-refractivity contribution in [1.82, 2.24) is 5.32 Å². The van der Waals surface area contributed by atoms with Crippen molar-refractivity contribution in [1.29, 1.82) is 0 Å². The molecule has 16 heavy (non-hydrogen) atoms. The molecule has 0 aromatic carbocycles. The lowest BCUT2D eigenvalue weighted by molar-refractivity contribution is 0.0759. The van der Waals surface area contributed by atoms with Crippen molar-refractivity contribution in [2.24, 2.45) is 0 Å². The summed E-state index contributed by atoms with van der Waals surface area (Å²) in [7, 11) is 0. The second kappa shape index (κ2) is 11.4. The number of ether oxygens (including phenoxy) is 1. The summed E-state index contributed by atoms with van der Waals surface area (Å²) in [6.07, 6.45) is 7.99. The van der Waals surface area contributed by atoms with Crippen molar-refractivity contribution in [2.75, 3.05) is 13.2 Å². The van der Waals surface area contributed by atoms with Crippen LogP contribution in [0.2, 0.25) is 0 Å². The van der Waals surface area contributed by atoms with Crippen molar-refractivity contribution in [3.05, 3.63) is 0 Å². The minimum absolute atomic E-state index is 0.376. The summed E-state index contributed by atoms with van der Waals surface area (Å²) in [6.45, 7) is 10.8. The molecule has 98 valence electrons. The lowest BCUT2D eigenvalue weighted by Gasteiger charge is -2.17. The van der Waals surface area contributed by atoms with Gasteiger partial charge in [0.2, 0.25) is 0 Å². The highest BCUT2D eigenvalue weighted by molar-refractivity contribution is 4.65. The van der Waals surface area contributed by atoms with Gasteiger partial charge in [0, 0.05) is 12.6 Å². The van der Waals surface area contributed by atoms with Gasteiger partial charge in [-0.2, -0.15) is 0 Å². The third-order valence-corrected chi connectivity index (χ3v) is 2.73. The Labute approximate surface area is 102 Å². The van der Waals surface area contributed by atoms with Crippen LogP contribution in [0.25, 0.3) is 0 Å². The Morgan fingerprint density at radius 3 is 2.12 bits per heavy atom. The van der Waals surface area contributed by atoms with E-state index in [1.165, 1.54) is 38.5 Å². The van der Waals surface area contributed by atoms with Gasteiger partial charge in [-0.1, -0.05) is 26.7 Å². The fraction of sp³-hybridized carbons (Fsp3) is 1.00. The Bertz CT molecular complexity index is 131. The first-order valence-corrected chi connectivity index (χ1v) is 7.05. The first-order chi connectivity index (χ1) is 7.70. The average molecular weight is 229 g/mol. The topological polar surface area (TPSA) is 21.3 Å². The monoisotopic (exact) mass is 229 g/mol. The summed E-state index contributed by atoms with van der Waals surface area (Å²) in [5.41, 5.74) is 0. The zero-order valence-corrected chi connectivity index (χ0v) is 11.7. The predicted molar refractivity (Wildman–Crippen MR) is 71.9 cm³/mol. The second-order valence-electron chi connectivity index (χ2n) is 4.86. The minimum atomic E-state index is 0.376. The van der Waals surface area contributed by atoms with Crippen LogP contribution >= 0.6 is 0 Å². The zero-order chi connectivity index (χ0) is 12.2. The summed E-state index contributed by atoms with van der Waals surface area (Å²) in [5.74, 6) is 0. The standard InChI is InChI=1S/C14H31NO/c1-5-9-14(10-6-2)15-11-7-8-12-16-13(3)4/h13-15H,5-12H2,1-4H3. The number of hydrogen-bond acceptors (Lipinski definition) is 2. The van der Waals surface area contributed by atoms with Crippen molar-refractivity contribution in [3.63, 3.8) is 0 Å². The molecular formula is C14H31NO. The van der Waals surface area contributed by atoms with Crippen LogP contribution in [0.15, 0.2) is 0 Å². The molecule has 0 unspecified atom stereocenters. The maximum atomic E-state index is 5.52. The van der Waals surface area contributed by atoms with E-state index < -0.39 is 0 Å². The van der Waals surface area contributed by atoms with Crippen LogP contribution in [0.5, 0.6) is 0 Å². The third kappa shape index (κ3) is 10.4. The average Bonchev–Trinajstić information content (AvgIpc) is 2.23. The molecule has 0 heterocycles. The van der Waals surface area contributed by atoms with E-state index in [0.717, 1.165) is 19.2 Å². The Balaban J connectivity index is 3.32. The minimum Gasteiger partial charge on any atom is -0.379 e. The molecule has 0 radical (unpaired) electrons. The summed E-state index contributed by atoms with van der Waals surface area (Å²) in [4.78, 5) is 0. The van der Waals surface area contributed by atoms with Crippen molar-refractivity contribution in [2.45, 2.75) is 78.4 Å². The highest BCUT2D eigenvalue weighted by Gasteiger charge is 2.04. The van der Waals surface area contributed by atoms with Crippen LogP contribution in [0, 0.1) is 0 Å². The lowest BCUT2D eigenvalue weighted by atomic mass is 10.1. The molecule has 0 amide bonds. The summed E-state index contributed by atoms with van der Waals surface area (Å²) < 4.78 is 5.52. The highest BCUT2D eigenvalue weighted by atomic mass is 16.5. The van der Waals surface area contributed by atoms with Crippen LogP contribution in [0.3, 0.4) is 0 Å². The normalized spacial score (nSPS) is 11.6. The van der Waals surface area contributed by atoms with Gasteiger partial charge in [0.25, 0.3) is 0 Å².